The minimum atomic E-state index is -1.35. The lowest BCUT2D eigenvalue weighted by Gasteiger charge is -2.27. The summed E-state index contributed by atoms with van der Waals surface area (Å²) in [6.45, 7) is 12.5. The largest absolute Gasteiger partial charge is 0.460 e. The molecule has 0 aliphatic rings. The highest BCUT2D eigenvalue weighted by Gasteiger charge is 2.35. The Hall–Kier alpha value is -3.76. The standard InChI is InChI=1S/C30H45N3O8/c1-8-40-29(38)26(35)25(34)22(14-18(2)3)31-27(36)23(15-19(4)5)32-28(37)24(16-20(6)7)33-30(39)41-17-21-12-10-9-11-13-21/h9-13,18-20,22-24H,8,14-17H2,1-7H3,(H,31,36)(H,32,37)(H,33,39)/t22-,23-,24-/m0/s1. The van der Waals surface area contributed by atoms with Gasteiger partial charge in [-0.05, 0) is 49.5 Å². The number of carbonyl (C=O) groups is 6. The lowest BCUT2D eigenvalue weighted by atomic mass is 9.96. The Bertz CT molecular complexity index is 1040. The smallest absolute Gasteiger partial charge is 0.408 e. The number of amides is 3. The molecule has 0 aliphatic heterocycles. The number of nitrogens with one attached hydrogen (secondary N) is 3. The minimum Gasteiger partial charge on any atom is -0.460 e. The van der Waals surface area contributed by atoms with Crippen molar-refractivity contribution < 1.29 is 38.2 Å². The predicted octanol–water partition coefficient (Wildman–Crippen LogP) is 3.09. The van der Waals surface area contributed by atoms with Crippen molar-refractivity contribution in [3.63, 3.8) is 0 Å². The van der Waals surface area contributed by atoms with E-state index in [2.05, 4.69) is 20.7 Å². The van der Waals surface area contributed by atoms with Gasteiger partial charge in [0.05, 0.1) is 12.6 Å². The third-order valence-electron chi connectivity index (χ3n) is 5.89. The summed E-state index contributed by atoms with van der Waals surface area (Å²) in [4.78, 5) is 76.1. The molecule has 41 heavy (non-hydrogen) atoms. The first-order valence-electron chi connectivity index (χ1n) is 14.1. The van der Waals surface area contributed by atoms with Gasteiger partial charge in [0, 0.05) is 0 Å². The molecule has 0 heterocycles. The van der Waals surface area contributed by atoms with Crippen molar-refractivity contribution in [2.45, 2.75) is 92.5 Å². The van der Waals surface area contributed by atoms with Gasteiger partial charge in [0.1, 0.15) is 18.7 Å². The summed E-state index contributed by atoms with van der Waals surface area (Å²) in [5, 5.41) is 7.83. The average Bonchev–Trinajstić information content (AvgIpc) is 2.89. The van der Waals surface area contributed by atoms with Crippen LogP contribution in [0.4, 0.5) is 4.79 Å². The number of hydrogen-bond donors (Lipinski definition) is 3. The van der Waals surface area contributed by atoms with Crippen molar-refractivity contribution in [2.75, 3.05) is 6.61 Å². The zero-order valence-electron chi connectivity index (χ0n) is 25.2. The first-order chi connectivity index (χ1) is 19.2. The lowest BCUT2D eigenvalue weighted by molar-refractivity contribution is -0.157. The van der Waals surface area contributed by atoms with E-state index in [0.717, 1.165) is 5.56 Å². The molecule has 3 amide bonds. The molecule has 1 aromatic carbocycles. The number of carbonyl (C=O) groups excluding carboxylic acids is 6. The van der Waals surface area contributed by atoms with E-state index in [9.17, 15) is 28.8 Å². The number of ketones is 2. The highest BCUT2D eigenvalue weighted by Crippen LogP contribution is 2.12. The third kappa shape index (κ3) is 13.4. The molecule has 1 aromatic rings. The molecular weight excluding hydrogens is 530 g/mol. The number of rotatable bonds is 17. The molecule has 11 heteroatoms. The van der Waals surface area contributed by atoms with Gasteiger partial charge in [-0.1, -0.05) is 71.9 Å². The van der Waals surface area contributed by atoms with Crippen molar-refractivity contribution in [1.82, 2.24) is 16.0 Å². The van der Waals surface area contributed by atoms with Crippen molar-refractivity contribution in [3.8, 4) is 0 Å². The summed E-state index contributed by atoms with van der Waals surface area (Å²) >= 11 is 0. The Balaban J connectivity index is 3.04. The molecule has 1 rings (SSSR count). The van der Waals surface area contributed by atoms with Crippen LogP contribution < -0.4 is 16.0 Å². The third-order valence-corrected chi connectivity index (χ3v) is 5.89. The molecule has 0 saturated carbocycles. The summed E-state index contributed by atoms with van der Waals surface area (Å²) in [5.74, 6) is -5.09. The maximum absolute atomic E-state index is 13.3. The van der Waals surface area contributed by atoms with Crippen LogP contribution in [-0.4, -0.2) is 60.2 Å². The second-order valence-electron chi connectivity index (χ2n) is 11.2. The van der Waals surface area contributed by atoms with Crippen molar-refractivity contribution >= 4 is 35.4 Å². The quantitative estimate of drug-likeness (QED) is 0.145. The van der Waals surface area contributed by atoms with Gasteiger partial charge < -0.3 is 25.4 Å². The Kier molecular flexibility index (Phi) is 15.3. The summed E-state index contributed by atoms with van der Waals surface area (Å²) in [6, 6.07) is 5.75. The van der Waals surface area contributed by atoms with E-state index in [1.54, 1.807) is 26.0 Å². The maximum Gasteiger partial charge on any atom is 0.408 e. The Morgan fingerprint density at radius 1 is 0.659 bits per heavy atom. The Morgan fingerprint density at radius 3 is 1.61 bits per heavy atom. The van der Waals surface area contributed by atoms with Crippen LogP contribution in [0.5, 0.6) is 0 Å². The van der Waals surface area contributed by atoms with Gasteiger partial charge >= 0.3 is 17.8 Å². The number of benzene rings is 1. The van der Waals surface area contributed by atoms with Crippen LogP contribution in [0.2, 0.25) is 0 Å². The van der Waals surface area contributed by atoms with E-state index in [4.69, 9.17) is 4.74 Å². The number of hydrogen-bond acceptors (Lipinski definition) is 8. The van der Waals surface area contributed by atoms with Gasteiger partial charge in [-0.25, -0.2) is 9.59 Å². The van der Waals surface area contributed by atoms with Crippen molar-refractivity contribution in [2.24, 2.45) is 17.8 Å². The molecule has 11 nitrogen and oxygen atoms in total. The summed E-state index contributed by atoms with van der Waals surface area (Å²) < 4.78 is 9.91. The zero-order valence-corrected chi connectivity index (χ0v) is 25.2. The normalized spacial score (nSPS) is 13.2. The summed E-state index contributed by atoms with van der Waals surface area (Å²) in [5.41, 5.74) is 0.785. The first-order valence-corrected chi connectivity index (χ1v) is 14.1. The van der Waals surface area contributed by atoms with Crippen molar-refractivity contribution in [1.29, 1.82) is 0 Å². The molecule has 0 fully saturated rings. The number of alkyl carbamates (subject to hydrolysis) is 1. The zero-order chi connectivity index (χ0) is 31.1. The van der Waals surface area contributed by atoms with Crippen LogP contribution in [0.25, 0.3) is 0 Å². The Labute approximate surface area is 242 Å². The second kappa shape index (κ2) is 17.8. The highest BCUT2D eigenvalue weighted by atomic mass is 16.5. The van der Waals surface area contributed by atoms with Crippen LogP contribution in [0.1, 0.15) is 73.3 Å². The fourth-order valence-corrected chi connectivity index (χ4v) is 4.02. The minimum absolute atomic E-state index is 0.0247. The van der Waals surface area contributed by atoms with E-state index in [-0.39, 0.29) is 50.2 Å². The molecule has 0 aromatic heterocycles. The fourth-order valence-electron chi connectivity index (χ4n) is 4.02. The first kappa shape index (κ1) is 35.3. The molecule has 228 valence electrons. The topological polar surface area (TPSA) is 157 Å². The lowest BCUT2D eigenvalue weighted by Crippen LogP contribution is -2.57. The van der Waals surface area contributed by atoms with Crippen LogP contribution in [0.15, 0.2) is 30.3 Å². The van der Waals surface area contributed by atoms with Crippen LogP contribution in [0.3, 0.4) is 0 Å². The molecule has 0 unspecified atom stereocenters. The van der Waals surface area contributed by atoms with Crippen LogP contribution in [0, 0.1) is 17.8 Å². The van der Waals surface area contributed by atoms with Crippen molar-refractivity contribution in [3.05, 3.63) is 35.9 Å². The van der Waals surface area contributed by atoms with Gasteiger partial charge in [0.25, 0.3) is 0 Å². The second-order valence-corrected chi connectivity index (χ2v) is 11.2. The highest BCUT2D eigenvalue weighted by molar-refractivity contribution is 6.63. The molecule has 0 spiro atoms. The molecule has 0 aliphatic carbocycles. The van der Waals surface area contributed by atoms with E-state index in [1.165, 1.54) is 6.92 Å². The molecule has 3 N–H and O–H groups in total. The molecule has 0 radical (unpaired) electrons. The molecule has 0 saturated heterocycles. The van der Waals surface area contributed by atoms with Gasteiger partial charge in [0.15, 0.2) is 0 Å². The maximum atomic E-state index is 13.3. The van der Waals surface area contributed by atoms with Crippen LogP contribution in [-0.2, 0) is 40.1 Å². The van der Waals surface area contributed by atoms with Gasteiger partial charge in [-0.3, -0.25) is 19.2 Å². The van der Waals surface area contributed by atoms with Gasteiger partial charge in [-0.2, -0.15) is 0 Å². The number of Topliss-reactive ketones (excluding diaryl/α,β-unsaturated/α-hetero) is 2. The van der Waals surface area contributed by atoms with E-state index in [0.29, 0.717) is 0 Å². The van der Waals surface area contributed by atoms with Gasteiger partial charge in [-0.15, -0.1) is 0 Å². The Morgan fingerprint density at radius 2 is 1.12 bits per heavy atom. The van der Waals surface area contributed by atoms with Crippen LogP contribution >= 0.6 is 0 Å². The summed E-state index contributed by atoms with van der Waals surface area (Å²) in [6.07, 6.45) is -0.175. The molecule has 0 bridgehead atoms. The van der Waals surface area contributed by atoms with Gasteiger partial charge in [0.2, 0.25) is 17.6 Å². The number of esters is 1. The average molecular weight is 576 g/mol. The summed E-state index contributed by atoms with van der Waals surface area (Å²) in [7, 11) is 0. The van der Waals surface area contributed by atoms with E-state index >= 15 is 0 Å². The van der Waals surface area contributed by atoms with E-state index in [1.807, 2.05) is 45.9 Å². The number of ether oxygens (including phenoxy) is 2. The van der Waals surface area contributed by atoms with E-state index < -0.39 is 53.6 Å². The predicted molar refractivity (Wildman–Crippen MR) is 152 cm³/mol. The fraction of sp³-hybridized carbons (Fsp3) is 0.600. The SMILES string of the molecule is CCOC(=O)C(=O)C(=O)[C@H](CC(C)C)NC(=O)[C@H](CC(C)C)NC(=O)[C@H](CC(C)C)NC(=O)OCc1ccccc1. The molecular formula is C30H45N3O8. The monoisotopic (exact) mass is 575 g/mol. The molecule has 3 atom stereocenters.